The molecule has 0 radical (unpaired) electrons. The molecule has 4 atom stereocenters. The maximum absolute atomic E-state index is 12.1. The molecule has 0 amide bonds. The third-order valence-electron chi connectivity index (χ3n) is 8.83. The number of hydrogen-bond donors (Lipinski definition) is 0. The second kappa shape index (κ2) is 15.4. The number of fused-ring (bicyclic) bond motifs is 1. The molecule has 4 unspecified atom stereocenters. The lowest BCUT2D eigenvalue weighted by molar-refractivity contribution is -0.116. The van der Waals surface area contributed by atoms with E-state index in [1.165, 1.54) is 89.8 Å². The highest BCUT2D eigenvalue weighted by atomic mass is 35.5. The summed E-state index contributed by atoms with van der Waals surface area (Å²) in [5, 5.41) is -0.275. The Bertz CT molecular complexity index is 965. The zero-order chi connectivity index (χ0) is 26.0. The van der Waals surface area contributed by atoms with Gasteiger partial charge >= 0.3 is 0 Å². The van der Waals surface area contributed by atoms with Gasteiger partial charge in [0.25, 0.3) is 0 Å². The van der Waals surface area contributed by atoms with Crippen molar-refractivity contribution >= 4 is 65.8 Å². The Labute approximate surface area is 241 Å². The van der Waals surface area contributed by atoms with Crippen molar-refractivity contribution in [2.45, 2.75) is 134 Å². The Kier molecular flexibility index (Phi) is 12.3. The molecule has 2 nitrogen and oxygen atoms in total. The van der Waals surface area contributed by atoms with Gasteiger partial charge in [0.15, 0.2) is 0 Å². The van der Waals surface area contributed by atoms with E-state index < -0.39 is 0 Å². The summed E-state index contributed by atoms with van der Waals surface area (Å²) in [4.78, 5) is 27.2. The number of carbonyl (C=O) groups is 2. The van der Waals surface area contributed by atoms with Gasteiger partial charge in [-0.15, -0.1) is 22.7 Å². The molecule has 6 heteroatoms. The Morgan fingerprint density at radius 3 is 1.51 bits per heavy atom. The highest BCUT2D eigenvalue weighted by Crippen LogP contribution is 2.44. The number of halogens is 2. The molecule has 0 saturated heterocycles. The Morgan fingerprint density at radius 1 is 0.541 bits per heavy atom. The molecule has 4 rings (SSSR count). The third-order valence-corrected chi connectivity index (χ3v) is 12.1. The van der Waals surface area contributed by atoms with Gasteiger partial charge in [-0.2, -0.15) is 0 Å². The highest BCUT2D eigenvalue weighted by Gasteiger charge is 2.26. The Hall–Kier alpha value is -0.420. The van der Waals surface area contributed by atoms with Gasteiger partial charge in [0.2, 0.25) is 10.5 Å². The van der Waals surface area contributed by atoms with Gasteiger partial charge < -0.3 is 0 Å². The van der Waals surface area contributed by atoms with Gasteiger partial charge in [-0.3, -0.25) is 9.59 Å². The van der Waals surface area contributed by atoms with E-state index in [0.717, 1.165) is 51.4 Å². The maximum Gasteiger partial charge on any atom is 0.224 e. The summed E-state index contributed by atoms with van der Waals surface area (Å²) < 4.78 is 2.79. The van der Waals surface area contributed by atoms with E-state index in [4.69, 9.17) is 23.2 Å². The molecule has 37 heavy (non-hydrogen) atoms. The summed E-state index contributed by atoms with van der Waals surface area (Å²) >= 11 is 16.0. The van der Waals surface area contributed by atoms with Gasteiger partial charge in [0.1, 0.15) is 0 Å². The molecule has 2 fully saturated rings. The molecule has 2 heterocycles. The van der Waals surface area contributed by atoms with E-state index in [1.807, 2.05) is 22.7 Å². The van der Waals surface area contributed by atoms with Crippen LogP contribution in [0.3, 0.4) is 0 Å². The van der Waals surface area contributed by atoms with Crippen LogP contribution in [0.25, 0.3) is 9.40 Å². The summed E-state index contributed by atoms with van der Waals surface area (Å²) in [5.74, 6) is 0.986. The van der Waals surface area contributed by atoms with Gasteiger partial charge in [-0.05, 0) is 92.1 Å². The first kappa shape index (κ1) is 29.6. The largest absolute Gasteiger partial charge is 0.281 e. The quantitative estimate of drug-likeness (QED) is 0.336. The number of hydrogen-bond acceptors (Lipinski definition) is 4. The molecule has 206 valence electrons. The maximum atomic E-state index is 12.1. The van der Waals surface area contributed by atoms with Crippen LogP contribution in [0.2, 0.25) is 0 Å². The summed E-state index contributed by atoms with van der Waals surface area (Å²) in [5.41, 5.74) is 0. The molecule has 0 N–H and O–H groups in total. The summed E-state index contributed by atoms with van der Waals surface area (Å²) in [6, 6.07) is 4.86. The summed E-state index contributed by atoms with van der Waals surface area (Å²) in [6.45, 7) is 0. The van der Waals surface area contributed by atoms with E-state index >= 15 is 0 Å². The molecular weight excluding hydrogens is 539 g/mol. The third kappa shape index (κ3) is 9.05. The monoisotopic (exact) mass is 582 g/mol. The fourth-order valence-electron chi connectivity index (χ4n) is 6.50. The van der Waals surface area contributed by atoms with Crippen molar-refractivity contribution in [1.82, 2.24) is 0 Å². The molecule has 2 aliphatic carbocycles. The second-order valence-electron chi connectivity index (χ2n) is 11.6. The van der Waals surface area contributed by atoms with Gasteiger partial charge in [0.05, 0.1) is 0 Å². The van der Waals surface area contributed by atoms with Crippen LogP contribution in [0, 0.1) is 11.8 Å². The van der Waals surface area contributed by atoms with Crippen LogP contribution in [0.1, 0.15) is 144 Å². The lowest BCUT2D eigenvalue weighted by atomic mass is 9.85. The second-order valence-corrected chi connectivity index (χ2v) is 14.6. The first-order valence-electron chi connectivity index (χ1n) is 14.9. The van der Waals surface area contributed by atoms with Crippen molar-refractivity contribution < 1.29 is 9.59 Å². The zero-order valence-electron chi connectivity index (χ0n) is 22.3. The molecule has 0 aliphatic heterocycles. The van der Waals surface area contributed by atoms with E-state index in [9.17, 15) is 9.59 Å². The smallest absolute Gasteiger partial charge is 0.224 e. The van der Waals surface area contributed by atoms with Crippen LogP contribution in [0.15, 0.2) is 12.1 Å². The van der Waals surface area contributed by atoms with Crippen molar-refractivity contribution in [3.05, 3.63) is 21.9 Å². The normalized spacial score (nSPS) is 28.1. The van der Waals surface area contributed by atoms with Crippen molar-refractivity contribution in [2.75, 3.05) is 0 Å². The number of carbonyl (C=O) groups excluding carboxylic acids is 2. The molecule has 2 aromatic heterocycles. The standard InChI is InChI=1S/C31H44Cl2O2S2/c32-30(34)23-14-10-6-3-1-2-5-9-13-22(17-18-23)26-20-28-29(36-26)21-27(37-28)24-15-11-7-4-8-12-16-25(19-24)31(33)35/h20-25H,1-19H2. The average Bonchev–Trinajstić information content (AvgIpc) is 3.45. The molecule has 0 spiro atoms. The first-order chi connectivity index (χ1) is 18.0. The van der Waals surface area contributed by atoms with Crippen molar-refractivity contribution in [3.63, 3.8) is 0 Å². The van der Waals surface area contributed by atoms with E-state index in [0.29, 0.717) is 11.8 Å². The molecule has 0 aromatic carbocycles. The van der Waals surface area contributed by atoms with Gasteiger partial charge in [-0.1, -0.05) is 77.0 Å². The molecule has 2 aromatic rings. The molecule has 2 aliphatic rings. The molecule has 2 saturated carbocycles. The zero-order valence-corrected chi connectivity index (χ0v) is 25.4. The van der Waals surface area contributed by atoms with Crippen molar-refractivity contribution in [2.24, 2.45) is 11.8 Å². The van der Waals surface area contributed by atoms with Crippen LogP contribution < -0.4 is 0 Å². The van der Waals surface area contributed by atoms with Crippen LogP contribution in [0.5, 0.6) is 0 Å². The fourth-order valence-corrected chi connectivity index (χ4v) is 9.65. The first-order valence-corrected chi connectivity index (χ1v) is 17.3. The van der Waals surface area contributed by atoms with Gasteiger partial charge in [0, 0.05) is 31.0 Å². The minimum absolute atomic E-state index is 0.00141. The predicted octanol–water partition coefficient (Wildman–Crippen LogP) is 11.3. The van der Waals surface area contributed by atoms with E-state index in [2.05, 4.69) is 12.1 Å². The topological polar surface area (TPSA) is 34.1 Å². The van der Waals surface area contributed by atoms with Crippen LogP contribution >= 0.6 is 45.9 Å². The Balaban J connectivity index is 1.49. The SMILES string of the molecule is O=C(Cl)C1CCCCCCCCCC(c2cc3sc(C4CCCCCCCC(C(=O)Cl)C4)cc3s2)CC1. The van der Waals surface area contributed by atoms with E-state index in [-0.39, 0.29) is 22.3 Å². The van der Waals surface area contributed by atoms with Crippen molar-refractivity contribution in [3.8, 4) is 0 Å². The van der Waals surface area contributed by atoms with Crippen LogP contribution in [0.4, 0.5) is 0 Å². The highest BCUT2D eigenvalue weighted by molar-refractivity contribution is 7.27. The minimum atomic E-state index is -0.141. The van der Waals surface area contributed by atoms with Crippen LogP contribution in [-0.4, -0.2) is 10.5 Å². The summed E-state index contributed by atoms with van der Waals surface area (Å²) in [6.07, 6.45) is 22.2. The number of thiophene rings is 2. The lowest BCUT2D eigenvalue weighted by Gasteiger charge is -2.22. The molecule has 0 bridgehead atoms. The lowest BCUT2D eigenvalue weighted by Crippen LogP contribution is -2.14. The predicted molar refractivity (Wildman–Crippen MR) is 162 cm³/mol. The summed E-state index contributed by atoms with van der Waals surface area (Å²) in [7, 11) is 0. The fraction of sp³-hybridized carbons (Fsp3) is 0.742. The van der Waals surface area contributed by atoms with Crippen molar-refractivity contribution in [1.29, 1.82) is 0 Å². The van der Waals surface area contributed by atoms with Crippen LogP contribution in [-0.2, 0) is 9.59 Å². The average molecular weight is 584 g/mol. The van der Waals surface area contributed by atoms with E-state index in [1.54, 1.807) is 0 Å². The number of rotatable bonds is 4. The minimum Gasteiger partial charge on any atom is -0.281 e. The Morgan fingerprint density at radius 2 is 0.973 bits per heavy atom. The van der Waals surface area contributed by atoms with Gasteiger partial charge in [-0.25, -0.2) is 0 Å². The molecular formula is C31H44Cl2O2S2.